The van der Waals surface area contributed by atoms with Crippen molar-refractivity contribution in [1.82, 2.24) is 0 Å². The number of hydrogen-bond donors (Lipinski definition) is 1. The Bertz CT molecular complexity index is 312. The van der Waals surface area contributed by atoms with Gasteiger partial charge >= 0.3 is 102 Å². The van der Waals surface area contributed by atoms with Crippen LogP contribution in [0, 0.1) is 5.92 Å². The van der Waals surface area contributed by atoms with Gasteiger partial charge in [-0.25, -0.2) is 0 Å². The summed E-state index contributed by atoms with van der Waals surface area (Å²) in [6.45, 7) is 7.44. The van der Waals surface area contributed by atoms with Gasteiger partial charge in [0.05, 0.1) is 0 Å². The van der Waals surface area contributed by atoms with E-state index < -0.39 is 26.4 Å². The Hall–Kier alpha value is 1.12. The van der Waals surface area contributed by atoms with Gasteiger partial charge in [0.15, 0.2) is 0 Å². The van der Waals surface area contributed by atoms with Crippen LogP contribution in [0.1, 0.15) is 19.3 Å². The molecule has 1 saturated carbocycles. The van der Waals surface area contributed by atoms with E-state index in [2.05, 4.69) is 37.9 Å². The predicted molar refractivity (Wildman–Crippen MR) is 65.8 cm³/mol. The van der Waals surface area contributed by atoms with Gasteiger partial charge in [0.1, 0.15) is 0 Å². The van der Waals surface area contributed by atoms with Gasteiger partial charge in [0.25, 0.3) is 0 Å². The number of fused-ring (bicyclic) bond motifs is 1. The van der Waals surface area contributed by atoms with Gasteiger partial charge in [-0.05, 0) is 0 Å². The largest absolute Gasteiger partial charge is 1.00 e. The van der Waals surface area contributed by atoms with Crippen molar-refractivity contribution >= 4 is 5.20 Å². The van der Waals surface area contributed by atoms with Gasteiger partial charge in [-0.15, -0.1) is 0 Å². The number of halogens is 2. The summed E-state index contributed by atoms with van der Waals surface area (Å²) in [5.74, 6) is 0.871. The summed E-state index contributed by atoms with van der Waals surface area (Å²) in [6, 6.07) is 0. The Morgan fingerprint density at radius 2 is 1.88 bits per heavy atom. The van der Waals surface area contributed by atoms with Crippen molar-refractivity contribution in [3.8, 4) is 0 Å². The van der Waals surface area contributed by atoms with Gasteiger partial charge in [0.2, 0.25) is 0 Å². The number of allylic oxidation sites excluding steroid dienone is 4. The fourth-order valence-electron chi connectivity index (χ4n) is 2.77. The van der Waals surface area contributed by atoms with Crippen LogP contribution in [0.15, 0.2) is 23.8 Å². The van der Waals surface area contributed by atoms with Gasteiger partial charge in [-0.1, -0.05) is 0 Å². The standard InChI is InChI=1S/C9H11.C3H9Si.2ClH.H2N.Zr/c1-2-5-9-7-3-6-8(9)4-1;1-4(2)3;;;;/h1-2,4,6,9H,3,5,7H2;1-3H3;2*1H;1H2;/q;;;;-1;+3/p-2. The number of rotatable bonds is 2. The zero-order chi connectivity index (χ0) is 11.1. The summed E-state index contributed by atoms with van der Waals surface area (Å²) in [5.41, 5.74) is 1.75. The molecule has 2 rings (SSSR count). The van der Waals surface area contributed by atoms with Crippen LogP contribution in [-0.2, 0) is 21.2 Å². The van der Waals surface area contributed by atoms with Crippen molar-refractivity contribution in [1.29, 1.82) is 0 Å². The van der Waals surface area contributed by atoms with E-state index in [0.717, 1.165) is 9.54 Å². The maximum absolute atomic E-state index is 6.66. The van der Waals surface area contributed by atoms with Gasteiger partial charge in [0, 0.05) is 0 Å². The van der Waals surface area contributed by atoms with E-state index in [-0.39, 0.29) is 24.8 Å². The molecule has 5 heteroatoms. The zero-order valence-electron chi connectivity index (χ0n) is 10.8. The normalized spacial score (nSPS) is 26.5. The van der Waals surface area contributed by atoms with E-state index in [0.29, 0.717) is 0 Å². The van der Waals surface area contributed by atoms with Crippen molar-refractivity contribution in [2.75, 3.05) is 0 Å². The van der Waals surface area contributed by atoms with Gasteiger partial charge < -0.3 is 24.8 Å². The second-order valence-electron chi connectivity index (χ2n) is 5.86. The van der Waals surface area contributed by atoms with E-state index in [1.165, 1.54) is 19.3 Å². The summed E-state index contributed by atoms with van der Waals surface area (Å²) in [7, 11) is 0. The van der Waals surface area contributed by atoms with Crippen LogP contribution in [0.2, 0.25) is 23.3 Å². The minimum absolute atomic E-state index is 0. The fourth-order valence-corrected chi connectivity index (χ4v) is 16.2. The first-order valence-corrected chi connectivity index (χ1v) is 16.0. The first-order valence-electron chi connectivity index (χ1n) is 5.99. The molecule has 0 radical (unpaired) electrons. The summed E-state index contributed by atoms with van der Waals surface area (Å²) in [4.78, 5) is 0. The molecule has 2 N–H and O–H groups in total. The molecular formula is C12H22Cl2NSiZr. The molecule has 0 saturated heterocycles. The van der Waals surface area contributed by atoms with Crippen molar-refractivity contribution in [3.63, 3.8) is 0 Å². The first-order chi connectivity index (χ1) is 7.00. The monoisotopic (exact) mass is 368 g/mol. The minimum Gasteiger partial charge on any atom is -1.00 e. The quantitative estimate of drug-likeness (QED) is 0.531. The molecule has 0 aromatic carbocycles. The van der Waals surface area contributed by atoms with Crippen LogP contribution < -0.4 is 28.5 Å². The first kappa shape index (κ1) is 18.1. The molecule has 1 fully saturated rings. The van der Waals surface area contributed by atoms with Crippen LogP contribution in [0.25, 0.3) is 0 Å². The zero-order valence-corrected chi connectivity index (χ0v) is 15.8. The minimum atomic E-state index is -1.60. The number of nitrogens with two attached hydrogens (primary N) is 1. The molecule has 0 bridgehead atoms. The topological polar surface area (TPSA) is 26.0 Å². The third-order valence-electron chi connectivity index (χ3n) is 3.76. The molecule has 2 aliphatic rings. The maximum Gasteiger partial charge on any atom is -1.00 e. The second-order valence-corrected chi connectivity index (χ2v) is 28.8. The summed E-state index contributed by atoms with van der Waals surface area (Å²) in [5, 5.41) is -0.992. The van der Waals surface area contributed by atoms with Crippen LogP contribution in [0.5, 0.6) is 0 Å². The molecule has 2 unspecified atom stereocenters. The van der Waals surface area contributed by atoms with Crippen LogP contribution >= 0.6 is 0 Å². The van der Waals surface area contributed by atoms with Crippen molar-refractivity contribution in [2.45, 2.75) is 42.5 Å². The van der Waals surface area contributed by atoms with Crippen LogP contribution in [-0.4, -0.2) is 5.20 Å². The Morgan fingerprint density at radius 3 is 2.47 bits per heavy atom. The maximum atomic E-state index is 6.66. The molecule has 0 amide bonds. The molecule has 2 atom stereocenters. The summed E-state index contributed by atoms with van der Waals surface area (Å²) >= 11 is -1.60. The van der Waals surface area contributed by atoms with E-state index in [1.807, 2.05) is 0 Å². The molecule has 17 heavy (non-hydrogen) atoms. The summed E-state index contributed by atoms with van der Waals surface area (Å²) in [6.07, 6.45) is 11.1. The van der Waals surface area contributed by atoms with E-state index in [4.69, 9.17) is 3.68 Å². The second kappa shape index (κ2) is 7.05. The Balaban J connectivity index is 0.00000128. The molecule has 2 aliphatic carbocycles. The average Bonchev–Trinajstić information content (AvgIpc) is 2.58. The Labute approximate surface area is 126 Å². The predicted octanol–water partition coefficient (Wildman–Crippen LogP) is -2.59. The molecule has 0 aromatic heterocycles. The molecule has 0 spiro atoms. The third kappa shape index (κ3) is 4.04. The molecule has 0 aromatic rings. The van der Waals surface area contributed by atoms with Gasteiger partial charge in [-0.2, -0.15) is 0 Å². The third-order valence-corrected chi connectivity index (χ3v) is 23.7. The number of hydrogen-bond acceptors (Lipinski definition) is 1. The smallest absolute Gasteiger partial charge is 1.00 e. The van der Waals surface area contributed by atoms with Crippen LogP contribution in [0.4, 0.5) is 0 Å². The summed E-state index contributed by atoms with van der Waals surface area (Å²) < 4.78 is 7.54. The Morgan fingerprint density at radius 1 is 1.24 bits per heavy atom. The van der Waals surface area contributed by atoms with Crippen LogP contribution in [0.3, 0.4) is 0 Å². The molecule has 97 valence electrons. The van der Waals surface area contributed by atoms with Gasteiger partial charge in [-0.3, -0.25) is 0 Å². The van der Waals surface area contributed by atoms with Crippen molar-refractivity contribution < 1.29 is 46.0 Å². The van der Waals surface area contributed by atoms with Crippen molar-refractivity contribution in [3.05, 3.63) is 23.8 Å². The Kier molecular flexibility index (Phi) is 7.51. The van der Waals surface area contributed by atoms with E-state index in [9.17, 15) is 0 Å². The fraction of sp³-hybridized carbons (Fsp3) is 0.667. The van der Waals surface area contributed by atoms with E-state index in [1.54, 1.807) is 5.57 Å². The average molecular weight is 371 g/mol. The van der Waals surface area contributed by atoms with E-state index >= 15 is 0 Å². The molecular weight excluding hydrogens is 348 g/mol. The molecule has 1 nitrogen and oxygen atoms in total. The molecule has 0 aliphatic heterocycles. The van der Waals surface area contributed by atoms with Crippen molar-refractivity contribution in [2.24, 2.45) is 9.60 Å². The molecule has 0 heterocycles. The SMILES string of the molecule is C[Si](C)(C)[Zr+2]([NH2])[CH]1CCC2CC=CC=C21.[Cl-].[Cl-].